The van der Waals surface area contributed by atoms with Gasteiger partial charge in [-0.25, -0.2) is 4.39 Å². The Morgan fingerprint density at radius 1 is 1.48 bits per heavy atom. The van der Waals surface area contributed by atoms with Crippen molar-refractivity contribution in [1.29, 1.82) is 0 Å². The molecule has 0 aliphatic rings. The van der Waals surface area contributed by atoms with Crippen molar-refractivity contribution >= 4 is 11.7 Å². The van der Waals surface area contributed by atoms with Crippen molar-refractivity contribution in [2.75, 3.05) is 6.54 Å². The second-order valence-corrected chi connectivity index (χ2v) is 5.09. The van der Waals surface area contributed by atoms with Crippen molar-refractivity contribution in [1.82, 2.24) is 4.90 Å². The average molecular weight is 298 g/mol. The highest BCUT2D eigenvalue weighted by molar-refractivity contribution is 5.66. The van der Waals surface area contributed by atoms with Crippen molar-refractivity contribution in [2.24, 2.45) is 0 Å². The van der Waals surface area contributed by atoms with Gasteiger partial charge in [0.2, 0.25) is 0 Å². The lowest BCUT2D eigenvalue weighted by atomic mass is 10.1. The van der Waals surface area contributed by atoms with Crippen LogP contribution in [0.3, 0.4) is 0 Å². The van der Waals surface area contributed by atoms with E-state index in [1.165, 1.54) is 0 Å². The van der Waals surface area contributed by atoms with Gasteiger partial charge in [0.25, 0.3) is 5.69 Å². The molecule has 0 radical (unpaired) electrons. The molecule has 21 heavy (non-hydrogen) atoms. The average Bonchev–Trinajstić information content (AvgIpc) is 2.36. The van der Waals surface area contributed by atoms with Crippen molar-refractivity contribution in [3.63, 3.8) is 0 Å². The van der Waals surface area contributed by atoms with Crippen LogP contribution in [-0.4, -0.2) is 33.5 Å². The number of nitro groups is 1. The SMILES string of the molecule is CC(C)N(CCCC(=O)O)Cc1cc(F)ccc1[N+](=O)[O-]. The van der Waals surface area contributed by atoms with E-state index in [1.807, 2.05) is 18.7 Å². The van der Waals surface area contributed by atoms with Gasteiger partial charge in [-0.05, 0) is 38.9 Å². The lowest BCUT2D eigenvalue weighted by molar-refractivity contribution is -0.385. The molecule has 0 saturated heterocycles. The minimum atomic E-state index is -0.879. The Balaban J connectivity index is 2.85. The topological polar surface area (TPSA) is 83.7 Å². The van der Waals surface area contributed by atoms with E-state index in [0.717, 1.165) is 18.2 Å². The first-order valence-electron chi connectivity index (χ1n) is 6.70. The number of halogens is 1. The molecule has 0 bridgehead atoms. The summed E-state index contributed by atoms with van der Waals surface area (Å²) in [6.45, 7) is 4.51. The molecule has 0 heterocycles. The summed E-state index contributed by atoms with van der Waals surface area (Å²) in [5, 5.41) is 19.6. The third-order valence-corrected chi connectivity index (χ3v) is 3.18. The second kappa shape index (κ2) is 7.68. The molecule has 1 N–H and O–H groups in total. The number of carboxylic acids is 1. The summed E-state index contributed by atoms with van der Waals surface area (Å²) in [5.41, 5.74) is 0.171. The quantitative estimate of drug-likeness (QED) is 0.589. The van der Waals surface area contributed by atoms with Gasteiger partial charge < -0.3 is 5.11 Å². The standard InChI is InChI=1S/C14H19FN2O4/c1-10(2)16(7-3-4-14(18)19)9-11-8-12(15)5-6-13(11)17(20)21/h5-6,8,10H,3-4,7,9H2,1-2H3,(H,18,19). The molecular formula is C14H19FN2O4. The van der Waals surface area contributed by atoms with E-state index >= 15 is 0 Å². The summed E-state index contributed by atoms with van der Waals surface area (Å²) in [4.78, 5) is 22.9. The third kappa shape index (κ3) is 5.47. The summed E-state index contributed by atoms with van der Waals surface area (Å²) in [6, 6.07) is 3.44. The van der Waals surface area contributed by atoms with E-state index in [-0.39, 0.29) is 24.7 Å². The molecular weight excluding hydrogens is 279 g/mol. The zero-order chi connectivity index (χ0) is 16.0. The second-order valence-electron chi connectivity index (χ2n) is 5.09. The Morgan fingerprint density at radius 2 is 2.14 bits per heavy atom. The van der Waals surface area contributed by atoms with Crippen LogP contribution >= 0.6 is 0 Å². The molecule has 1 aromatic rings. The Kier molecular flexibility index (Phi) is 6.23. The van der Waals surface area contributed by atoms with E-state index < -0.39 is 16.7 Å². The van der Waals surface area contributed by atoms with E-state index in [0.29, 0.717) is 18.5 Å². The molecule has 0 spiro atoms. The number of rotatable bonds is 8. The molecule has 0 saturated carbocycles. The maximum atomic E-state index is 13.3. The van der Waals surface area contributed by atoms with Crippen LogP contribution in [0.2, 0.25) is 0 Å². The Labute approximate surface area is 122 Å². The van der Waals surface area contributed by atoms with Gasteiger partial charge in [-0.15, -0.1) is 0 Å². The Morgan fingerprint density at radius 3 is 2.67 bits per heavy atom. The normalized spacial score (nSPS) is 11.1. The van der Waals surface area contributed by atoms with Gasteiger partial charge in [0.05, 0.1) is 4.92 Å². The van der Waals surface area contributed by atoms with Crippen molar-refractivity contribution in [2.45, 2.75) is 39.3 Å². The predicted octanol–water partition coefficient (Wildman–Crippen LogP) is 2.81. The Hall–Kier alpha value is -2.02. The fourth-order valence-corrected chi connectivity index (χ4v) is 2.03. The first-order chi connectivity index (χ1) is 9.81. The number of benzene rings is 1. The molecule has 0 aliphatic carbocycles. The maximum absolute atomic E-state index is 13.3. The van der Waals surface area contributed by atoms with Gasteiger partial charge in [-0.3, -0.25) is 19.8 Å². The van der Waals surface area contributed by atoms with Crippen LogP contribution in [0.5, 0.6) is 0 Å². The minimum absolute atomic E-state index is 0.0362. The highest BCUT2D eigenvalue weighted by Gasteiger charge is 2.19. The fraction of sp³-hybridized carbons (Fsp3) is 0.500. The molecule has 0 aromatic heterocycles. The zero-order valence-electron chi connectivity index (χ0n) is 12.1. The fourth-order valence-electron chi connectivity index (χ4n) is 2.03. The number of nitro benzene ring substituents is 1. The lowest BCUT2D eigenvalue weighted by Crippen LogP contribution is -2.32. The monoisotopic (exact) mass is 298 g/mol. The van der Waals surface area contributed by atoms with Crippen LogP contribution < -0.4 is 0 Å². The largest absolute Gasteiger partial charge is 0.481 e. The van der Waals surface area contributed by atoms with E-state index in [9.17, 15) is 19.3 Å². The molecule has 0 atom stereocenters. The van der Waals surface area contributed by atoms with Crippen molar-refractivity contribution in [3.8, 4) is 0 Å². The van der Waals surface area contributed by atoms with Crippen LogP contribution in [0.4, 0.5) is 10.1 Å². The van der Waals surface area contributed by atoms with Gasteiger partial charge >= 0.3 is 5.97 Å². The van der Waals surface area contributed by atoms with Gasteiger partial charge in [0.1, 0.15) is 5.82 Å². The van der Waals surface area contributed by atoms with Crippen LogP contribution in [0.25, 0.3) is 0 Å². The molecule has 7 heteroatoms. The van der Waals surface area contributed by atoms with E-state index in [4.69, 9.17) is 5.11 Å². The summed E-state index contributed by atoms with van der Waals surface area (Å²) in [6.07, 6.45) is 0.477. The number of hydrogen-bond donors (Lipinski definition) is 1. The highest BCUT2D eigenvalue weighted by Crippen LogP contribution is 2.22. The van der Waals surface area contributed by atoms with Crippen molar-refractivity contribution < 1.29 is 19.2 Å². The molecule has 0 unspecified atom stereocenters. The Bertz CT molecular complexity index is 520. The molecule has 0 aliphatic heterocycles. The summed E-state index contributed by atoms with van der Waals surface area (Å²) in [5.74, 6) is -1.40. The van der Waals surface area contributed by atoms with Gasteiger partial charge in [-0.2, -0.15) is 0 Å². The molecule has 116 valence electrons. The summed E-state index contributed by atoms with van der Waals surface area (Å²) < 4.78 is 13.3. The molecule has 1 aromatic carbocycles. The summed E-state index contributed by atoms with van der Waals surface area (Å²) >= 11 is 0. The number of carboxylic acid groups (broad SMARTS) is 1. The van der Waals surface area contributed by atoms with Crippen LogP contribution in [0.1, 0.15) is 32.3 Å². The zero-order valence-corrected chi connectivity index (χ0v) is 12.1. The van der Waals surface area contributed by atoms with Gasteiger partial charge in [-0.1, -0.05) is 0 Å². The third-order valence-electron chi connectivity index (χ3n) is 3.18. The number of carbonyl (C=O) groups is 1. The highest BCUT2D eigenvalue weighted by atomic mass is 19.1. The lowest BCUT2D eigenvalue weighted by Gasteiger charge is -2.26. The van der Waals surface area contributed by atoms with E-state index in [1.54, 1.807) is 0 Å². The first kappa shape index (κ1) is 17.0. The summed E-state index contributed by atoms with van der Waals surface area (Å²) in [7, 11) is 0. The van der Waals surface area contributed by atoms with Crippen LogP contribution in [-0.2, 0) is 11.3 Å². The minimum Gasteiger partial charge on any atom is -0.481 e. The molecule has 0 fully saturated rings. The number of hydrogen-bond acceptors (Lipinski definition) is 4. The molecule has 6 nitrogen and oxygen atoms in total. The van der Waals surface area contributed by atoms with Crippen molar-refractivity contribution in [3.05, 3.63) is 39.7 Å². The van der Waals surface area contributed by atoms with Gasteiger partial charge in [0.15, 0.2) is 0 Å². The smallest absolute Gasteiger partial charge is 0.303 e. The van der Waals surface area contributed by atoms with E-state index in [2.05, 4.69) is 0 Å². The first-order valence-corrected chi connectivity index (χ1v) is 6.70. The van der Waals surface area contributed by atoms with Gasteiger partial charge in [0, 0.05) is 30.6 Å². The maximum Gasteiger partial charge on any atom is 0.303 e. The van der Waals surface area contributed by atoms with Crippen LogP contribution in [0.15, 0.2) is 18.2 Å². The molecule has 1 rings (SSSR count). The molecule has 0 amide bonds. The number of aliphatic carboxylic acids is 1. The predicted molar refractivity (Wildman–Crippen MR) is 75.5 cm³/mol. The number of nitrogens with zero attached hydrogens (tertiary/aromatic N) is 2. The van der Waals surface area contributed by atoms with Crippen LogP contribution in [0, 0.1) is 15.9 Å².